The second-order valence-electron chi connectivity index (χ2n) is 4.63. The van der Waals surface area contributed by atoms with Gasteiger partial charge in [0.05, 0.1) is 19.1 Å². The van der Waals surface area contributed by atoms with Gasteiger partial charge in [0.15, 0.2) is 11.5 Å². The van der Waals surface area contributed by atoms with E-state index in [1.165, 1.54) is 37.7 Å². The molecule has 0 radical (unpaired) electrons. The van der Waals surface area contributed by atoms with Crippen LogP contribution in [0.2, 0.25) is 0 Å². The molecule has 0 amide bonds. The zero-order valence-electron chi connectivity index (χ0n) is 12.7. The Labute approximate surface area is 130 Å². The monoisotopic (exact) mass is 322 g/mol. The number of hydrogen-bond donors (Lipinski definition) is 0. The van der Waals surface area contributed by atoms with E-state index < -0.39 is 10.0 Å². The van der Waals surface area contributed by atoms with E-state index in [-0.39, 0.29) is 11.4 Å². The summed E-state index contributed by atoms with van der Waals surface area (Å²) >= 11 is 0. The van der Waals surface area contributed by atoms with E-state index in [2.05, 4.69) is 4.98 Å². The molecule has 0 saturated carbocycles. The second-order valence-corrected chi connectivity index (χ2v) is 6.68. The maximum atomic E-state index is 12.6. The smallest absolute Gasteiger partial charge is 0.243 e. The number of methoxy groups -OCH3 is 2. The molecular weight excluding hydrogens is 304 g/mol. The average Bonchev–Trinajstić information content (AvgIpc) is 2.54. The molecule has 118 valence electrons. The molecule has 1 aromatic heterocycles. The largest absolute Gasteiger partial charge is 0.493 e. The molecule has 0 atom stereocenters. The Bertz CT molecular complexity index is 732. The van der Waals surface area contributed by atoms with E-state index in [4.69, 9.17) is 9.47 Å². The van der Waals surface area contributed by atoms with Crippen LogP contribution in [-0.2, 0) is 16.6 Å². The zero-order chi connectivity index (χ0) is 16.2. The van der Waals surface area contributed by atoms with Crippen LogP contribution in [0.4, 0.5) is 0 Å². The van der Waals surface area contributed by atoms with Gasteiger partial charge in [0.25, 0.3) is 0 Å². The molecule has 7 heteroatoms. The Morgan fingerprint density at radius 3 is 2.27 bits per heavy atom. The lowest BCUT2D eigenvalue weighted by Gasteiger charge is -2.18. The maximum absolute atomic E-state index is 12.6. The topological polar surface area (TPSA) is 68.7 Å². The van der Waals surface area contributed by atoms with Crippen LogP contribution in [0.15, 0.2) is 47.6 Å². The van der Waals surface area contributed by atoms with E-state index in [0.29, 0.717) is 11.5 Å². The second kappa shape index (κ2) is 6.76. The summed E-state index contributed by atoms with van der Waals surface area (Å²) < 4.78 is 36.8. The number of aromatic nitrogens is 1. The minimum Gasteiger partial charge on any atom is -0.493 e. The summed E-state index contributed by atoms with van der Waals surface area (Å²) in [5.41, 5.74) is 0.863. The van der Waals surface area contributed by atoms with Crippen LogP contribution in [-0.4, -0.2) is 39.0 Å². The average molecular weight is 322 g/mol. The van der Waals surface area contributed by atoms with Crippen LogP contribution in [0, 0.1) is 0 Å². The first-order valence-corrected chi connectivity index (χ1v) is 8.00. The van der Waals surface area contributed by atoms with Crippen LogP contribution >= 0.6 is 0 Å². The van der Waals surface area contributed by atoms with Gasteiger partial charge in [0, 0.05) is 32.1 Å². The number of hydrogen-bond acceptors (Lipinski definition) is 5. The molecule has 1 aromatic carbocycles. The Hall–Kier alpha value is -2.12. The summed E-state index contributed by atoms with van der Waals surface area (Å²) in [5.74, 6) is 0.860. The minimum atomic E-state index is -3.62. The van der Waals surface area contributed by atoms with Crippen LogP contribution < -0.4 is 9.47 Å². The number of benzene rings is 1. The number of pyridine rings is 1. The molecule has 2 aromatic rings. The van der Waals surface area contributed by atoms with Crippen LogP contribution in [0.5, 0.6) is 11.5 Å². The van der Waals surface area contributed by atoms with Gasteiger partial charge in [-0.1, -0.05) is 0 Å². The fraction of sp³-hybridized carbons (Fsp3) is 0.267. The molecule has 0 N–H and O–H groups in total. The molecule has 0 spiro atoms. The van der Waals surface area contributed by atoms with Gasteiger partial charge in [-0.15, -0.1) is 0 Å². The number of rotatable bonds is 6. The van der Waals surface area contributed by atoms with Gasteiger partial charge in [0.2, 0.25) is 10.0 Å². The summed E-state index contributed by atoms with van der Waals surface area (Å²) in [5, 5.41) is 0. The minimum absolute atomic E-state index is 0.154. The normalized spacial score (nSPS) is 11.5. The van der Waals surface area contributed by atoms with Crippen molar-refractivity contribution in [3.63, 3.8) is 0 Å². The lowest BCUT2D eigenvalue weighted by atomic mass is 10.3. The van der Waals surface area contributed by atoms with Crippen LogP contribution in [0.25, 0.3) is 0 Å². The molecule has 0 aliphatic rings. The predicted molar refractivity (Wildman–Crippen MR) is 82.4 cm³/mol. The Morgan fingerprint density at radius 1 is 1.05 bits per heavy atom. The summed E-state index contributed by atoms with van der Waals surface area (Å²) in [7, 11) is 0.886. The molecule has 1 heterocycles. The molecule has 6 nitrogen and oxygen atoms in total. The summed E-state index contributed by atoms with van der Waals surface area (Å²) in [6.07, 6.45) is 3.26. The fourth-order valence-corrected chi connectivity index (χ4v) is 3.16. The summed E-state index contributed by atoms with van der Waals surface area (Å²) in [6.45, 7) is 0.263. The molecule has 22 heavy (non-hydrogen) atoms. The Kier molecular flexibility index (Phi) is 4.99. The molecule has 0 aliphatic carbocycles. The fourth-order valence-electron chi connectivity index (χ4n) is 1.99. The number of nitrogens with zero attached hydrogens (tertiary/aromatic N) is 2. The third-order valence-corrected chi connectivity index (χ3v) is 5.02. The highest BCUT2D eigenvalue weighted by Crippen LogP contribution is 2.30. The van der Waals surface area contributed by atoms with Crippen LogP contribution in [0.3, 0.4) is 0 Å². The van der Waals surface area contributed by atoms with Gasteiger partial charge in [-0.2, -0.15) is 4.31 Å². The van der Waals surface area contributed by atoms with Gasteiger partial charge >= 0.3 is 0 Å². The van der Waals surface area contributed by atoms with E-state index in [0.717, 1.165) is 5.56 Å². The van der Waals surface area contributed by atoms with E-state index in [1.807, 2.05) is 0 Å². The number of ether oxygens (including phenoxy) is 2. The lowest BCUT2D eigenvalue weighted by molar-refractivity contribution is 0.353. The molecule has 0 fully saturated rings. The van der Waals surface area contributed by atoms with Gasteiger partial charge in [-0.05, 0) is 29.8 Å². The Morgan fingerprint density at radius 2 is 1.68 bits per heavy atom. The van der Waals surface area contributed by atoms with Crippen molar-refractivity contribution in [1.82, 2.24) is 9.29 Å². The first-order chi connectivity index (χ1) is 10.5. The van der Waals surface area contributed by atoms with Gasteiger partial charge in [0.1, 0.15) is 0 Å². The zero-order valence-corrected chi connectivity index (χ0v) is 13.5. The van der Waals surface area contributed by atoms with E-state index >= 15 is 0 Å². The maximum Gasteiger partial charge on any atom is 0.243 e. The first kappa shape index (κ1) is 16.3. The van der Waals surface area contributed by atoms with Crippen molar-refractivity contribution in [3.05, 3.63) is 48.3 Å². The van der Waals surface area contributed by atoms with E-state index in [9.17, 15) is 8.42 Å². The van der Waals surface area contributed by atoms with Crippen molar-refractivity contribution >= 4 is 10.0 Å². The van der Waals surface area contributed by atoms with Gasteiger partial charge in [-0.25, -0.2) is 8.42 Å². The molecule has 0 unspecified atom stereocenters. The molecule has 0 aliphatic heterocycles. The molecule has 0 bridgehead atoms. The number of sulfonamides is 1. The molecular formula is C15H18N2O4S. The Balaban J connectivity index is 2.29. The third kappa shape index (κ3) is 3.37. The van der Waals surface area contributed by atoms with Gasteiger partial charge in [-0.3, -0.25) is 4.98 Å². The quantitative estimate of drug-likeness (QED) is 0.813. The SMILES string of the molecule is COc1ccc(S(=O)(=O)N(C)Cc2ccncc2)cc1OC. The lowest BCUT2D eigenvalue weighted by Crippen LogP contribution is -2.26. The van der Waals surface area contributed by atoms with Crippen molar-refractivity contribution in [2.45, 2.75) is 11.4 Å². The van der Waals surface area contributed by atoms with Gasteiger partial charge < -0.3 is 9.47 Å². The van der Waals surface area contributed by atoms with Crippen molar-refractivity contribution in [2.24, 2.45) is 0 Å². The highest BCUT2D eigenvalue weighted by molar-refractivity contribution is 7.89. The molecule has 0 saturated heterocycles. The van der Waals surface area contributed by atoms with Crippen LogP contribution in [0.1, 0.15) is 5.56 Å². The van der Waals surface area contributed by atoms with E-state index in [1.54, 1.807) is 30.6 Å². The molecule has 2 rings (SSSR count). The predicted octanol–water partition coefficient (Wildman–Crippen LogP) is 1.92. The highest BCUT2D eigenvalue weighted by atomic mass is 32.2. The standard InChI is InChI=1S/C15H18N2O4S/c1-17(11-12-6-8-16-9-7-12)22(18,19)13-4-5-14(20-2)15(10-13)21-3/h4-10H,11H2,1-3H3. The highest BCUT2D eigenvalue weighted by Gasteiger charge is 2.22. The first-order valence-electron chi connectivity index (χ1n) is 6.56. The summed E-state index contributed by atoms with van der Waals surface area (Å²) in [6, 6.07) is 8.09. The summed E-state index contributed by atoms with van der Waals surface area (Å²) in [4.78, 5) is 4.07. The van der Waals surface area contributed by atoms with Crippen molar-refractivity contribution in [1.29, 1.82) is 0 Å². The van der Waals surface area contributed by atoms with Crippen molar-refractivity contribution in [2.75, 3.05) is 21.3 Å². The van der Waals surface area contributed by atoms with Crippen molar-refractivity contribution < 1.29 is 17.9 Å². The van der Waals surface area contributed by atoms with Crippen molar-refractivity contribution in [3.8, 4) is 11.5 Å². The third-order valence-electron chi connectivity index (χ3n) is 3.22.